The molecule has 0 N–H and O–H groups in total. The maximum atomic E-state index is 12.7. The highest BCUT2D eigenvalue weighted by molar-refractivity contribution is 5.98. The highest BCUT2D eigenvalue weighted by Crippen LogP contribution is 2.43. The highest BCUT2D eigenvalue weighted by atomic mass is 16.6. The van der Waals surface area contributed by atoms with E-state index in [0.29, 0.717) is 17.1 Å². The van der Waals surface area contributed by atoms with Gasteiger partial charge in [0, 0.05) is 31.7 Å². The van der Waals surface area contributed by atoms with Crippen molar-refractivity contribution in [3.63, 3.8) is 0 Å². The molecule has 5 rings (SSSR count). The van der Waals surface area contributed by atoms with Crippen LogP contribution in [0.15, 0.2) is 72.8 Å². The van der Waals surface area contributed by atoms with Gasteiger partial charge in [-0.05, 0) is 23.3 Å². The van der Waals surface area contributed by atoms with E-state index in [9.17, 15) is 4.79 Å². The molecule has 0 aliphatic carbocycles. The van der Waals surface area contributed by atoms with Crippen LogP contribution < -0.4 is 9.47 Å². The first kappa shape index (κ1) is 21.5. The summed E-state index contributed by atoms with van der Waals surface area (Å²) in [6, 6.07) is 25.2. The van der Waals surface area contributed by atoms with Gasteiger partial charge in [-0.1, -0.05) is 60.7 Å². The van der Waals surface area contributed by atoms with Crippen LogP contribution in [0.25, 0.3) is 0 Å². The lowest BCUT2D eigenvalue weighted by Gasteiger charge is -2.41. The first-order chi connectivity index (χ1) is 16.2. The molecule has 0 amide bonds. The van der Waals surface area contributed by atoms with Gasteiger partial charge in [0.15, 0.2) is 17.7 Å². The number of nitrogens with zero attached hydrogens (tertiary/aromatic N) is 2. The Hall–Kier alpha value is -3.35. The maximum Gasteiger partial charge on any atom is 0.344 e. The fourth-order valence-corrected chi connectivity index (χ4v) is 4.97. The number of cyclic esters (lactones) is 1. The Morgan fingerprint density at radius 2 is 1.42 bits per heavy atom. The molecular weight excluding hydrogens is 416 g/mol. The Bertz CT molecular complexity index is 1070. The van der Waals surface area contributed by atoms with Gasteiger partial charge in [0.05, 0.1) is 20.3 Å². The van der Waals surface area contributed by atoms with Crippen molar-refractivity contribution in [3.05, 3.63) is 95.1 Å². The molecule has 170 valence electrons. The second-order valence-corrected chi connectivity index (χ2v) is 8.32. The fraction of sp³-hybridized carbons (Fsp3) is 0.296. The van der Waals surface area contributed by atoms with E-state index in [-0.39, 0.29) is 12.0 Å². The lowest BCUT2D eigenvalue weighted by Crippen LogP contribution is -2.49. The van der Waals surface area contributed by atoms with E-state index in [0.717, 1.165) is 31.7 Å². The van der Waals surface area contributed by atoms with Gasteiger partial charge in [-0.2, -0.15) is 0 Å². The number of carbonyl (C=O) groups is 1. The Balaban J connectivity index is 1.37. The molecule has 33 heavy (non-hydrogen) atoms. The summed E-state index contributed by atoms with van der Waals surface area (Å²) in [5.41, 5.74) is 3.88. The zero-order valence-electron chi connectivity index (χ0n) is 18.9. The fourth-order valence-electron chi connectivity index (χ4n) is 4.97. The van der Waals surface area contributed by atoms with Crippen molar-refractivity contribution < 1.29 is 19.0 Å². The van der Waals surface area contributed by atoms with Crippen LogP contribution in [-0.2, 0) is 4.74 Å². The van der Waals surface area contributed by atoms with Gasteiger partial charge in [0.1, 0.15) is 5.56 Å². The van der Waals surface area contributed by atoms with Crippen molar-refractivity contribution >= 4 is 5.97 Å². The van der Waals surface area contributed by atoms with E-state index >= 15 is 0 Å². The summed E-state index contributed by atoms with van der Waals surface area (Å²) in [4.78, 5) is 17.5. The van der Waals surface area contributed by atoms with Crippen LogP contribution in [0.1, 0.15) is 39.3 Å². The summed E-state index contributed by atoms with van der Waals surface area (Å²) < 4.78 is 16.7. The molecule has 0 saturated carbocycles. The van der Waals surface area contributed by atoms with Crippen LogP contribution in [-0.4, -0.2) is 56.2 Å². The Morgan fingerprint density at radius 3 is 1.97 bits per heavy atom. The summed E-state index contributed by atoms with van der Waals surface area (Å²) in [6.45, 7) is 3.32. The van der Waals surface area contributed by atoms with Crippen LogP contribution in [0, 0.1) is 0 Å². The van der Waals surface area contributed by atoms with E-state index in [4.69, 9.17) is 14.2 Å². The lowest BCUT2D eigenvalue weighted by atomic mass is 9.96. The monoisotopic (exact) mass is 444 g/mol. The molecule has 2 heterocycles. The Kier molecular flexibility index (Phi) is 6.03. The summed E-state index contributed by atoms with van der Waals surface area (Å²) in [5, 5.41) is 0. The van der Waals surface area contributed by atoms with E-state index < -0.39 is 6.23 Å². The largest absolute Gasteiger partial charge is 0.493 e. The van der Waals surface area contributed by atoms with Crippen molar-refractivity contribution in [1.29, 1.82) is 0 Å². The quantitative estimate of drug-likeness (QED) is 0.529. The van der Waals surface area contributed by atoms with Crippen LogP contribution in [0.4, 0.5) is 0 Å². The molecular formula is C27H28N2O4. The third-order valence-electron chi connectivity index (χ3n) is 6.54. The molecule has 2 aliphatic heterocycles. The molecule has 0 radical (unpaired) electrons. The number of methoxy groups -OCH3 is 2. The van der Waals surface area contributed by atoms with Crippen molar-refractivity contribution in [2.45, 2.75) is 12.3 Å². The normalized spacial score (nSPS) is 18.8. The van der Waals surface area contributed by atoms with Crippen molar-refractivity contribution in [3.8, 4) is 11.5 Å². The van der Waals surface area contributed by atoms with Crippen molar-refractivity contribution in [2.24, 2.45) is 0 Å². The number of hydrogen-bond donors (Lipinski definition) is 0. The SMILES string of the molecule is COc1ccc2c(c1OC)C(=O)O[C@H]2N1CCN(C(c2ccccc2)c2ccccc2)CC1. The summed E-state index contributed by atoms with van der Waals surface area (Å²) in [5.74, 6) is 0.612. The molecule has 3 aromatic carbocycles. The van der Waals surface area contributed by atoms with Gasteiger partial charge in [-0.25, -0.2) is 4.79 Å². The van der Waals surface area contributed by atoms with Gasteiger partial charge >= 0.3 is 5.97 Å². The first-order valence-corrected chi connectivity index (χ1v) is 11.2. The molecule has 6 nitrogen and oxygen atoms in total. The summed E-state index contributed by atoms with van der Waals surface area (Å²) in [6.07, 6.45) is -0.402. The minimum absolute atomic E-state index is 0.192. The minimum Gasteiger partial charge on any atom is -0.493 e. The number of benzene rings is 3. The van der Waals surface area contributed by atoms with E-state index in [1.807, 2.05) is 12.1 Å². The highest BCUT2D eigenvalue weighted by Gasteiger charge is 2.40. The third-order valence-corrected chi connectivity index (χ3v) is 6.54. The van der Waals surface area contributed by atoms with Crippen LogP contribution in [0.2, 0.25) is 0 Å². The first-order valence-electron chi connectivity index (χ1n) is 11.2. The molecule has 0 aromatic heterocycles. The van der Waals surface area contributed by atoms with E-state index in [2.05, 4.69) is 70.5 Å². The molecule has 1 saturated heterocycles. The number of esters is 1. The molecule has 1 atom stereocenters. The second-order valence-electron chi connectivity index (χ2n) is 8.32. The van der Waals surface area contributed by atoms with E-state index in [1.165, 1.54) is 11.1 Å². The van der Waals surface area contributed by atoms with Gasteiger partial charge in [-0.3, -0.25) is 9.80 Å². The zero-order valence-corrected chi connectivity index (χ0v) is 18.9. The second kappa shape index (κ2) is 9.25. The topological polar surface area (TPSA) is 51.2 Å². The molecule has 2 aliphatic rings. The van der Waals surface area contributed by atoms with Gasteiger partial charge < -0.3 is 14.2 Å². The molecule has 0 unspecified atom stereocenters. The number of carbonyl (C=O) groups excluding carboxylic acids is 1. The van der Waals surface area contributed by atoms with Crippen LogP contribution in [0.5, 0.6) is 11.5 Å². The predicted molar refractivity (Wildman–Crippen MR) is 126 cm³/mol. The third kappa shape index (κ3) is 3.96. The number of rotatable bonds is 6. The lowest BCUT2D eigenvalue weighted by molar-refractivity contribution is -0.0442. The molecule has 0 spiro atoms. The van der Waals surface area contributed by atoms with Gasteiger partial charge in [0.25, 0.3) is 0 Å². The summed E-state index contributed by atoms with van der Waals surface area (Å²) in [7, 11) is 3.11. The van der Waals surface area contributed by atoms with Crippen molar-refractivity contribution in [2.75, 3.05) is 40.4 Å². The summed E-state index contributed by atoms with van der Waals surface area (Å²) >= 11 is 0. The van der Waals surface area contributed by atoms with Gasteiger partial charge in [0.2, 0.25) is 0 Å². The average molecular weight is 445 g/mol. The molecule has 6 heteroatoms. The number of ether oxygens (including phenoxy) is 3. The zero-order chi connectivity index (χ0) is 22.8. The van der Waals surface area contributed by atoms with Crippen LogP contribution in [0.3, 0.4) is 0 Å². The standard InChI is InChI=1S/C27H28N2O4/c1-31-22-14-13-21-23(25(22)32-2)27(30)33-26(21)29-17-15-28(16-18-29)24(19-9-5-3-6-10-19)20-11-7-4-8-12-20/h3-14,24,26H,15-18H2,1-2H3/t26-/m1/s1. The minimum atomic E-state index is -0.402. The van der Waals surface area contributed by atoms with Crippen LogP contribution >= 0.6 is 0 Å². The maximum absolute atomic E-state index is 12.7. The average Bonchev–Trinajstić information content (AvgIpc) is 3.22. The Labute approximate surface area is 194 Å². The number of fused-ring (bicyclic) bond motifs is 1. The smallest absolute Gasteiger partial charge is 0.344 e. The Morgan fingerprint density at radius 1 is 0.818 bits per heavy atom. The van der Waals surface area contributed by atoms with Crippen molar-refractivity contribution in [1.82, 2.24) is 9.80 Å². The molecule has 3 aromatic rings. The number of hydrogen-bond acceptors (Lipinski definition) is 6. The molecule has 1 fully saturated rings. The number of piperazine rings is 1. The van der Waals surface area contributed by atoms with Gasteiger partial charge in [-0.15, -0.1) is 0 Å². The molecule has 0 bridgehead atoms. The van der Waals surface area contributed by atoms with E-state index in [1.54, 1.807) is 14.2 Å². The predicted octanol–water partition coefficient (Wildman–Crippen LogP) is 4.28.